The Morgan fingerprint density at radius 3 is 2.78 bits per heavy atom. The Bertz CT molecular complexity index is 421. The zero-order valence-electron chi connectivity index (χ0n) is 11.6. The molecular weight excluding hydrogens is 220 g/mol. The third kappa shape index (κ3) is 2.03. The van der Waals surface area contributed by atoms with Gasteiger partial charge in [0.15, 0.2) is 0 Å². The molecule has 2 heterocycles. The Morgan fingerprint density at radius 2 is 2.06 bits per heavy atom. The second-order valence-electron chi connectivity index (χ2n) is 5.77. The molecule has 3 rings (SSSR count). The van der Waals surface area contributed by atoms with Crippen molar-refractivity contribution in [3.8, 4) is 0 Å². The van der Waals surface area contributed by atoms with Crippen molar-refractivity contribution in [2.24, 2.45) is 0 Å². The van der Waals surface area contributed by atoms with Crippen LogP contribution in [0.15, 0.2) is 18.2 Å². The first-order valence-electron chi connectivity index (χ1n) is 7.42. The van der Waals surface area contributed by atoms with Gasteiger partial charge in [0.1, 0.15) is 0 Å². The summed E-state index contributed by atoms with van der Waals surface area (Å²) in [6.45, 7) is 7.14. The highest BCUT2D eigenvalue weighted by Gasteiger charge is 2.31. The van der Waals surface area contributed by atoms with Crippen LogP contribution in [0.5, 0.6) is 0 Å². The fourth-order valence-corrected chi connectivity index (χ4v) is 3.53. The molecule has 0 radical (unpaired) electrons. The second kappa shape index (κ2) is 4.93. The van der Waals surface area contributed by atoms with Gasteiger partial charge in [-0.15, -0.1) is 0 Å². The largest absolute Gasteiger partial charge is 0.382 e. The van der Waals surface area contributed by atoms with Crippen molar-refractivity contribution in [1.29, 1.82) is 0 Å². The van der Waals surface area contributed by atoms with Gasteiger partial charge in [-0.2, -0.15) is 0 Å². The standard InChI is InChI=1S/C16H24N2/c1-3-13-7-6-8-14-15(18-9-4-5-10-18)11-12(2)17-16(13)14/h6-8,12,15,17H,3-5,9-11H2,1-2H3. The molecule has 98 valence electrons. The lowest BCUT2D eigenvalue weighted by Gasteiger charge is -2.37. The van der Waals surface area contributed by atoms with E-state index in [1.165, 1.54) is 49.2 Å². The molecule has 18 heavy (non-hydrogen) atoms. The van der Waals surface area contributed by atoms with Crippen molar-refractivity contribution >= 4 is 5.69 Å². The van der Waals surface area contributed by atoms with Gasteiger partial charge in [-0.3, -0.25) is 4.90 Å². The highest BCUT2D eigenvalue weighted by Crippen LogP contribution is 2.39. The molecule has 2 nitrogen and oxygen atoms in total. The van der Waals surface area contributed by atoms with Gasteiger partial charge in [0, 0.05) is 17.8 Å². The molecule has 0 amide bonds. The fourth-order valence-electron chi connectivity index (χ4n) is 3.53. The van der Waals surface area contributed by atoms with Crippen LogP contribution in [0.2, 0.25) is 0 Å². The van der Waals surface area contributed by atoms with Crippen LogP contribution in [0.25, 0.3) is 0 Å². The normalized spacial score (nSPS) is 27.9. The van der Waals surface area contributed by atoms with Crippen molar-refractivity contribution in [2.45, 2.75) is 51.6 Å². The monoisotopic (exact) mass is 244 g/mol. The molecule has 2 unspecified atom stereocenters. The third-order valence-electron chi connectivity index (χ3n) is 4.47. The van der Waals surface area contributed by atoms with Gasteiger partial charge >= 0.3 is 0 Å². The molecule has 2 atom stereocenters. The maximum absolute atomic E-state index is 3.71. The van der Waals surface area contributed by atoms with Crippen LogP contribution in [-0.2, 0) is 6.42 Å². The Kier molecular flexibility index (Phi) is 3.29. The van der Waals surface area contributed by atoms with Gasteiger partial charge in [-0.1, -0.05) is 25.1 Å². The van der Waals surface area contributed by atoms with E-state index in [-0.39, 0.29) is 0 Å². The fraction of sp³-hybridized carbons (Fsp3) is 0.625. The molecule has 2 heteroatoms. The topological polar surface area (TPSA) is 15.3 Å². The summed E-state index contributed by atoms with van der Waals surface area (Å²) in [5.41, 5.74) is 4.44. The van der Waals surface area contributed by atoms with Crippen LogP contribution in [-0.4, -0.2) is 24.0 Å². The van der Waals surface area contributed by atoms with E-state index in [1.54, 1.807) is 0 Å². The van der Waals surface area contributed by atoms with Crippen molar-refractivity contribution in [2.75, 3.05) is 18.4 Å². The van der Waals surface area contributed by atoms with Crippen molar-refractivity contribution in [3.05, 3.63) is 29.3 Å². The average Bonchev–Trinajstić information content (AvgIpc) is 2.90. The van der Waals surface area contributed by atoms with Crippen LogP contribution in [0, 0.1) is 0 Å². The van der Waals surface area contributed by atoms with Gasteiger partial charge in [0.05, 0.1) is 0 Å². The van der Waals surface area contributed by atoms with Crippen LogP contribution >= 0.6 is 0 Å². The Balaban J connectivity index is 1.98. The summed E-state index contributed by atoms with van der Waals surface area (Å²) in [6, 6.07) is 8.07. The molecule has 0 bridgehead atoms. The summed E-state index contributed by atoms with van der Waals surface area (Å²) in [5.74, 6) is 0. The van der Waals surface area contributed by atoms with Crippen LogP contribution in [0.4, 0.5) is 5.69 Å². The number of nitrogens with zero attached hydrogens (tertiary/aromatic N) is 1. The van der Waals surface area contributed by atoms with E-state index < -0.39 is 0 Å². The van der Waals surface area contributed by atoms with Crippen LogP contribution < -0.4 is 5.32 Å². The molecule has 1 fully saturated rings. The summed E-state index contributed by atoms with van der Waals surface area (Å²) in [7, 11) is 0. The van der Waals surface area contributed by atoms with Crippen LogP contribution in [0.3, 0.4) is 0 Å². The van der Waals surface area contributed by atoms with E-state index in [2.05, 4.69) is 42.3 Å². The van der Waals surface area contributed by atoms with E-state index >= 15 is 0 Å². The highest BCUT2D eigenvalue weighted by molar-refractivity contribution is 5.61. The Labute approximate surface area is 110 Å². The van der Waals surface area contributed by atoms with Gasteiger partial charge in [-0.05, 0) is 56.8 Å². The molecule has 2 aliphatic heterocycles. The second-order valence-corrected chi connectivity index (χ2v) is 5.77. The maximum Gasteiger partial charge on any atom is 0.0423 e. The average molecular weight is 244 g/mol. The summed E-state index contributed by atoms with van der Waals surface area (Å²) >= 11 is 0. The number of para-hydroxylation sites is 1. The van der Waals surface area contributed by atoms with Crippen molar-refractivity contribution in [3.63, 3.8) is 0 Å². The quantitative estimate of drug-likeness (QED) is 0.855. The summed E-state index contributed by atoms with van der Waals surface area (Å²) < 4.78 is 0. The number of hydrogen-bond acceptors (Lipinski definition) is 2. The van der Waals surface area contributed by atoms with E-state index in [9.17, 15) is 0 Å². The molecule has 0 aromatic heterocycles. The lowest BCUT2D eigenvalue weighted by molar-refractivity contribution is 0.223. The summed E-state index contributed by atoms with van der Waals surface area (Å²) in [4.78, 5) is 2.69. The molecule has 2 aliphatic rings. The lowest BCUT2D eigenvalue weighted by atomic mass is 9.90. The van der Waals surface area contributed by atoms with E-state index in [0.29, 0.717) is 12.1 Å². The minimum absolute atomic E-state index is 0.593. The Morgan fingerprint density at radius 1 is 1.28 bits per heavy atom. The molecular formula is C16H24N2. The van der Waals surface area contributed by atoms with Crippen molar-refractivity contribution in [1.82, 2.24) is 4.90 Å². The number of likely N-dealkylation sites (tertiary alicyclic amines) is 1. The molecule has 1 N–H and O–H groups in total. The number of hydrogen-bond donors (Lipinski definition) is 1. The smallest absolute Gasteiger partial charge is 0.0423 e. The number of benzene rings is 1. The Hall–Kier alpha value is -1.02. The van der Waals surface area contributed by atoms with Crippen LogP contribution in [0.1, 0.15) is 50.3 Å². The lowest BCUT2D eigenvalue weighted by Crippen LogP contribution is -2.35. The number of rotatable bonds is 2. The maximum atomic E-state index is 3.71. The zero-order valence-corrected chi connectivity index (χ0v) is 11.6. The first-order valence-corrected chi connectivity index (χ1v) is 7.42. The molecule has 1 aromatic rings. The van der Waals surface area contributed by atoms with Gasteiger partial charge in [0.2, 0.25) is 0 Å². The van der Waals surface area contributed by atoms with Gasteiger partial charge in [-0.25, -0.2) is 0 Å². The van der Waals surface area contributed by atoms with Gasteiger partial charge < -0.3 is 5.32 Å². The zero-order chi connectivity index (χ0) is 12.5. The van der Waals surface area contributed by atoms with E-state index in [1.807, 2.05) is 0 Å². The first kappa shape index (κ1) is 12.0. The minimum atomic E-state index is 0.593. The van der Waals surface area contributed by atoms with E-state index in [0.717, 1.165) is 6.42 Å². The van der Waals surface area contributed by atoms with Gasteiger partial charge in [0.25, 0.3) is 0 Å². The SMILES string of the molecule is CCc1cccc2c1NC(C)CC2N1CCCC1. The minimum Gasteiger partial charge on any atom is -0.382 e. The third-order valence-corrected chi connectivity index (χ3v) is 4.47. The molecule has 0 aliphatic carbocycles. The number of nitrogens with one attached hydrogen (secondary N) is 1. The number of aryl methyl sites for hydroxylation is 1. The number of anilines is 1. The predicted molar refractivity (Wildman–Crippen MR) is 77.1 cm³/mol. The van der Waals surface area contributed by atoms with Crippen molar-refractivity contribution < 1.29 is 0 Å². The molecule has 1 aromatic carbocycles. The first-order chi connectivity index (χ1) is 8.79. The molecule has 0 spiro atoms. The summed E-state index contributed by atoms with van der Waals surface area (Å²) in [6.07, 6.45) is 5.12. The van der Waals surface area contributed by atoms with E-state index in [4.69, 9.17) is 0 Å². The molecule has 1 saturated heterocycles. The number of fused-ring (bicyclic) bond motifs is 1. The predicted octanol–water partition coefficient (Wildman–Crippen LogP) is 3.59. The summed E-state index contributed by atoms with van der Waals surface area (Å²) in [5, 5.41) is 3.71. The highest BCUT2D eigenvalue weighted by atomic mass is 15.2. The molecule has 0 saturated carbocycles.